The lowest BCUT2D eigenvalue weighted by Gasteiger charge is -2.33. The second kappa shape index (κ2) is 6.12. The molecule has 1 heteroatoms. The molecular weight excluding hydrogens is 275 g/mol. The molecule has 23 heavy (non-hydrogen) atoms. The quantitative estimate of drug-likeness (QED) is 0.454. The van der Waals surface area contributed by atoms with Crippen LogP contribution in [0.15, 0.2) is 23.3 Å². The molecule has 0 saturated heterocycles. The Hall–Kier alpha value is -0.455. The van der Waals surface area contributed by atoms with E-state index in [0.29, 0.717) is 11.3 Å². The van der Waals surface area contributed by atoms with E-state index in [9.17, 15) is 0 Å². The summed E-state index contributed by atoms with van der Waals surface area (Å²) in [7, 11) is 6.25. The molecule has 0 aromatic heterocycles. The third kappa shape index (κ3) is 2.49. The standard InChI is InChI=1S/C22H35B/c1-7-14(5)15(6)11-16-9-10-17(16)18(12-23)20-21-19(13(3)4)22(20,21)8-2/h9-10,13-15,18-21H,7-8,11-12H2,1-6H3. The molecule has 2 radical (unpaired) electrons. The van der Waals surface area contributed by atoms with Crippen molar-refractivity contribution in [2.45, 2.75) is 67.1 Å². The molecule has 0 aliphatic heterocycles. The van der Waals surface area contributed by atoms with Crippen molar-refractivity contribution in [3.05, 3.63) is 23.3 Å². The van der Waals surface area contributed by atoms with Crippen LogP contribution in [0.5, 0.6) is 0 Å². The van der Waals surface area contributed by atoms with E-state index in [1.54, 1.807) is 11.1 Å². The molecule has 7 atom stereocenters. The number of hydrogen-bond acceptors (Lipinski definition) is 0. The maximum atomic E-state index is 6.25. The van der Waals surface area contributed by atoms with E-state index in [2.05, 4.69) is 53.7 Å². The Kier molecular flexibility index (Phi) is 4.62. The third-order valence-corrected chi connectivity index (χ3v) is 7.83. The predicted octanol–water partition coefficient (Wildman–Crippen LogP) is 6.06. The maximum Gasteiger partial charge on any atom is 0.0661 e. The van der Waals surface area contributed by atoms with Crippen LogP contribution in [-0.4, -0.2) is 7.85 Å². The van der Waals surface area contributed by atoms with Crippen LogP contribution in [0.4, 0.5) is 0 Å². The first-order valence-corrected chi connectivity index (χ1v) is 10.0. The van der Waals surface area contributed by atoms with Gasteiger partial charge >= 0.3 is 0 Å². The van der Waals surface area contributed by atoms with Crippen molar-refractivity contribution in [3.8, 4) is 0 Å². The van der Waals surface area contributed by atoms with Gasteiger partial charge in [0, 0.05) is 0 Å². The van der Waals surface area contributed by atoms with Crippen LogP contribution in [0.2, 0.25) is 6.32 Å². The molecule has 0 N–H and O–H groups in total. The highest BCUT2D eigenvalue weighted by atomic mass is 14.9. The highest BCUT2D eigenvalue weighted by Gasteiger charge is 2.85. The van der Waals surface area contributed by atoms with Gasteiger partial charge in [0.15, 0.2) is 0 Å². The van der Waals surface area contributed by atoms with E-state index in [1.807, 2.05) is 0 Å². The summed E-state index contributed by atoms with van der Waals surface area (Å²) in [5.74, 6) is 5.94. The number of fused-ring (bicyclic) bond motifs is 1. The van der Waals surface area contributed by atoms with Crippen LogP contribution in [-0.2, 0) is 0 Å². The molecule has 0 aromatic rings. The van der Waals surface area contributed by atoms with Crippen LogP contribution in [0.25, 0.3) is 0 Å². The topological polar surface area (TPSA) is 0 Å². The molecule has 0 nitrogen and oxygen atoms in total. The Morgan fingerprint density at radius 3 is 2.13 bits per heavy atom. The van der Waals surface area contributed by atoms with Crippen LogP contribution in [0.3, 0.4) is 0 Å². The molecule has 7 unspecified atom stereocenters. The van der Waals surface area contributed by atoms with Crippen LogP contribution < -0.4 is 0 Å². The minimum atomic E-state index is 0.638. The first-order valence-electron chi connectivity index (χ1n) is 10.0. The minimum absolute atomic E-state index is 0.638. The van der Waals surface area contributed by atoms with E-state index in [0.717, 1.165) is 41.8 Å². The largest absolute Gasteiger partial charge is 0.0816 e. The van der Waals surface area contributed by atoms with Gasteiger partial charge in [0.05, 0.1) is 7.85 Å². The van der Waals surface area contributed by atoms with Crippen molar-refractivity contribution in [3.63, 3.8) is 0 Å². The smallest absolute Gasteiger partial charge is 0.0661 e. The first-order chi connectivity index (χ1) is 10.9. The van der Waals surface area contributed by atoms with Gasteiger partial charge in [-0.15, -0.1) is 0 Å². The Labute approximate surface area is 145 Å². The summed E-state index contributed by atoms with van der Waals surface area (Å²) in [5.41, 5.74) is 3.91. The van der Waals surface area contributed by atoms with Gasteiger partial charge in [-0.25, -0.2) is 0 Å². The van der Waals surface area contributed by atoms with E-state index in [4.69, 9.17) is 7.85 Å². The molecule has 2 saturated carbocycles. The lowest BCUT2D eigenvalue weighted by atomic mass is 9.68. The Bertz CT molecular complexity index is 514. The van der Waals surface area contributed by atoms with Crippen molar-refractivity contribution in [2.24, 2.45) is 46.8 Å². The van der Waals surface area contributed by atoms with E-state index >= 15 is 0 Å². The fourth-order valence-corrected chi connectivity index (χ4v) is 6.00. The molecule has 0 heterocycles. The molecule has 3 rings (SSSR count). The molecule has 0 bridgehead atoms. The van der Waals surface area contributed by atoms with Crippen molar-refractivity contribution < 1.29 is 0 Å². The Balaban J connectivity index is 1.68. The highest BCUT2D eigenvalue weighted by Crippen LogP contribution is 2.89. The summed E-state index contributed by atoms with van der Waals surface area (Å²) >= 11 is 0. The minimum Gasteiger partial charge on any atom is -0.0816 e. The van der Waals surface area contributed by atoms with Crippen molar-refractivity contribution in [1.82, 2.24) is 0 Å². The number of allylic oxidation sites excluding steroid dienone is 4. The van der Waals surface area contributed by atoms with Crippen LogP contribution in [0, 0.1) is 46.8 Å². The molecule has 2 fully saturated rings. The van der Waals surface area contributed by atoms with Gasteiger partial charge in [0.2, 0.25) is 0 Å². The molecular formula is C22H35B. The third-order valence-electron chi connectivity index (χ3n) is 7.83. The van der Waals surface area contributed by atoms with E-state index < -0.39 is 0 Å². The lowest BCUT2D eigenvalue weighted by molar-refractivity contribution is 0.256. The van der Waals surface area contributed by atoms with Gasteiger partial charge in [-0.1, -0.05) is 66.4 Å². The summed E-state index contributed by atoms with van der Waals surface area (Å²) in [6, 6.07) is 0. The van der Waals surface area contributed by atoms with Gasteiger partial charge in [0.1, 0.15) is 0 Å². The maximum absolute atomic E-state index is 6.25. The van der Waals surface area contributed by atoms with Gasteiger partial charge in [-0.05, 0) is 70.8 Å². The molecule has 126 valence electrons. The van der Waals surface area contributed by atoms with Crippen molar-refractivity contribution in [2.75, 3.05) is 0 Å². The lowest BCUT2D eigenvalue weighted by Crippen LogP contribution is -2.24. The zero-order valence-electron chi connectivity index (χ0n) is 16.1. The molecule has 0 aromatic carbocycles. The Morgan fingerprint density at radius 2 is 1.74 bits per heavy atom. The SMILES string of the molecule is [B]CC(C1=C(CC(C)C(C)CC)C=C1)C1C2C(C(C)C)C12CC. The molecule has 3 aliphatic carbocycles. The summed E-state index contributed by atoms with van der Waals surface area (Å²) < 4.78 is 0. The highest BCUT2D eigenvalue weighted by molar-refractivity contribution is 6.09. The summed E-state index contributed by atoms with van der Waals surface area (Å²) in [4.78, 5) is 0. The number of rotatable bonds is 9. The predicted molar refractivity (Wildman–Crippen MR) is 101 cm³/mol. The van der Waals surface area contributed by atoms with Crippen molar-refractivity contribution in [1.29, 1.82) is 0 Å². The van der Waals surface area contributed by atoms with E-state index in [-0.39, 0.29) is 0 Å². The van der Waals surface area contributed by atoms with Gasteiger partial charge in [-0.2, -0.15) is 0 Å². The summed E-state index contributed by atoms with van der Waals surface area (Å²) in [6.07, 6.45) is 9.48. The molecule has 3 aliphatic rings. The summed E-state index contributed by atoms with van der Waals surface area (Å²) in [6.45, 7) is 14.3. The van der Waals surface area contributed by atoms with Crippen LogP contribution in [0.1, 0.15) is 60.8 Å². The second-order valence-corrected chi connectivity index (χ2v) is 9.01. The average molecular weight is 310 g/mol. The van der Waals surface area contributed by atoms with Gasteiger partial charge in [-0.3, -0.25) is 0 Å². The zero-order chi connectivity index (χ0) is 16.9. The Morgan fingerprint density at radius 1 is 1.04 bits per heavy atom. The van der Waals surface area contributed by atoms with Gasteiger partial charge in [0.25, 0.3) is 0 Å². The summed E-state index contributed by atoms with van der Waals surface area (Å²) in [5, 5.41) is 0. The normalized spacial score (nSPS) is 38.1. The van der Waals surface area contributed by atoms with Crippen LogP contribution >= 0.6 is 0 Å². The van der Waals surface area contributed by atoms with Gasteiger partial charge < -0.3 is 0 Å². The fourth-order valence-electron chi connectivity index (χ4n) is 6.00. The molecule has 0 spiro atoms. The average Bonchev–Trinajstić information content (AvgIpc) is 3.36. The monoisotopic (exact) mass is 310 g/mol. The van der Waals surface area contributed by atoms with Crippen molar-refractivity contribution >= 4 is 7.85 Å². The van der Waals surface area contributed by atoms with E-state index in [1.165, 1.54) is 19.3 Å². The first kappa shape index (κ1) is 17.4. The zero-order valence-corrected chi connectivity index (χ0v) is 16.1. The second-order valence-electron chi connectivity index (χ2n) is 9.01. The fraction of sp³-hybridized carbons (Fsp3) is 0.818. The molecule has 0 amide bonds. The number of hydrogen-bond donors (Lipinski definition) is 0.